The van der Waals surface area contributed by atoms with Crippen molar-refractivity contribution >= 4 is 26.0 Å². The maximum absolute atomic E-state index is 12.5. The quantitative estimate of drug-likeness (QED) is 0.849. The third-order valence-corrected chi connectivity index (χ3v) is 6.28. The summed E-state index contributed by atoms with van der Waals surface area (Å²) in [6.45, 7) is 3.46. The summed E-state index contributed by atoms with van der Waals surface area (Å²) in [5, 5.41) is 0. The summed E-state index contributed by atoms with van der Waals surface area (Å²) in [5.41, 5.74) is 0. The molecule has 1 heterocycles. The fraction of sp³-hybridized carbons (Fsp3) is 0.538. The van der Waals surface area contributed by atoms with Gasteiger partial charge in [0.25, 0.3) is 0 Å². The number of hydrogen-bond donors (Lipinski definition) is 0. The topological polar surface area (TPSA) is 37.4 Å². The summed E-state index contributed by atoms with van der Waals surface area (Å²) in [6, 6.07) is 7.02. The Morgan fingerprint density at radius 2 is 2.11 bits per heavy atom. The molecule has 1 aliphatic heterocycles. The highest BCUT2D eigenvalue weighted by Gasteiger charge is 2.32. The van der Waals surface area contributed by atoms with Crippen molar-refractivity contribution in [3.8, 4) is 0 Å². The van der Waals surface area contributed by atoms with Crippen LogP contribution < -0.4 is 0 Å². The van der Waals surface area contributed by atoms with E-state index in [2.05, 4.69) is 22.9 Å². The summed E-state index contributed by atoms with van der Waals surface area (Å²) in [6.07, 6.45) is 3.22. The number of rotatable bonds is 4. The molecule has 0 saturated carbocycles. The van der Waals surface area contributed by atoms with Gasteiger partial charge in [-0.25, -0.2) is 8.42 Å². The third kappa shape index (κ3) is 2.78. The SMILES string of the molecule is CCCC1CCN(S(=O)(=O)c2ccccc2Br)C1. The standard InChI is InChI=1S/C13H18BrNO2S/c1-2-5-11-8-9-15(10-11)18(16,17)13-7-4-3-6-12(13)14/h3-4,6-7,11H,2,5,8-10H2,1H3. The lowest BCUT2D eigenvalue weighted by Crippen LogP contribution is -2.29. The first-order valence-electron chi connectivity index (χ1n) is 6.30. The molecule has 0 spiro atoms. The van der Waals surface area contributed by atoms with E-state index in [-0.39, 0.29) is 0 Å². The molecule has 1 aliphatic rings. The van der Waals surface area contributed by atoms with Crippen LogP contribution >= 0.6 is 15.9 Å². The van der Waals surface area contributed by atoms with Crippen LogP contribution in [-0.2, 0) is 10.0 Å². The van der Waals surface area contributed by atoms with Gasteiger partial charge < -0.3 is 0 Å². The van der Waals surface area contributed by atoms with Gasteiger partial charge >= 0.3 is 0 Å². The van der Waals surface area contributed by atoms with Crippen LogP contribution in [0.3, 0.4) is 0 Å². The van der Waals surface area contributed by atoms with Crippen LogP contribution in [0.1, 0.15) is 26.2 Å². The Bertz CT molecular complexity index is 515. The third-order valence-electron chi connectivity index (χ3n) is 3.40. The molecule has 1 saturated heterocycles. The van der Waals surface area contributed by atoms with Gasteiger partial charge in [0.1, 0.15) is 0 Å². The molecule has 18 heavy (non-hydrogen) atoms. The Labute approximate surface area is 117 Å². The Kier molecular flexibility index (Phi) is 4.45. The minimum atomic E-state index is -3.33. The molecule has 0 aromatic heterocycles. The monoisotopic (exact) mass is 331 g/mol. The molecule has 1 aromatic rings. The molecule has 0 N–H and O–H groups in total. The number of benzene rings is 1. The van der Waals surface area contributed by atoms with Crippen LogP contribution in [-0.4, -0.2) is 25.8 Å². The summed E-state index contributed by atoms with van der Waals surface area (Å²) in [7, 11) is -3.33. The molecule has 2 rings (SSSR count). The van der Waals surface area contributed by atoms with Crippen molar-refractivity contribution in [1.29, 1.82) is 0 Å². The molecule has 5 heteroatoms. The Hall–Kier alpha value is -0.390. The largest absolute Gasteiger partial charge is 0.244 e. The second-order valence-electron chi connectivity index (χ2n) is 4.74. The van der Waals surface area contributed by atoms with E-state index >= 15 is 0 Å². The summed E-state index contributed by atoms with van der Waals surface area (Å²) in [4.78, 5) is 0.377. The molecule has 100 valence electrons. The predicted molar refractivity (Wildman–Crippen MR) is 75.9 cm³/mol. The van der Waals surface area contributed by atoms with E-state index in [4.69, 9.17) is 0 Å². The van der Waals surface area contributed by atoms with E-state index < -0.39 is 10.0 Å². The van der Waals surface area contributed by atoms with Gasteiger partial charge in [-0.05, 0) is 46.8 Å². The lowest BCUT2D eigenvalue weighted by Gasteiger charge is -2.17. The minimum Gasteiger partial charge on any atom is -0.207 e. The van der Waals surface area contributed by atoms with Gasteiger partial charge in [-0.1, -0.05) is 25.5 Å². The number of sulfonamides is 1. The smallest absolute Gasteiger partial charge is 0.207 e. The predicted octanol–water partition coefficient (Wildman–Crippen LogP) is 3.26. The van der Waals surface area contributed by atoms with Crippen LogP contribution in [0.25, 0.3) is 0 Å². The van der Waals surface area contributed by atoms with Crippen molar-refractivity contribution < 1.29 is 8.42 Å². The summed E-state index contributed by atoms with van der Waals surface area (Å²) < 4.78 is 27.3. The minimum absolute atomic E-state index is 0.377. The summed E-state index contributed by atoms with van der Waals surface area (Å²) >= 11 is 3.32. The molecule has 0 radical (unpaired) electrons. The highest BCUT2D eigenvalue weighted by Crippen LogP contribution is 2.30. The highest BCUT2D eigenvalue weighted by molar-refractivity contribution is 9.10. The zero-order valence-corrected chi connectivity index (χ0v) is 12.9. The lowest BCUT2D eigenvalue weighted by atomic mass is 10.0. The maximum atomic E-state index is 12.5. The normalized spacial score (nSPS) is 21.3. The fourth-order valence-corrected chi connectivity index (χ4v) is 4.95. The molecule has 1 aromatic carbocycles. The zero-order chi connectivity index (χ0) is 13.2. The summed E-state index contributed by atoms with van der Waals surface area (Å²) in [5.74, 6) is 0.521. The van der Waals surface area contributed by atoms with Crippen LogP contribution in [0.5, 0.6) is 0 Å². The van der Waals surface area contributed by atoms with E-state index in [1.54, 1.807) is 22.5 Å². The van der Waals surface area contributed by atoms with Crippen molar-refractivity contribution in [2.75, 3.05) is 13.1 Å². The number of halogens is 1. The molecule has 0 amide bonds. The average molecular weight is 332 g/mol. The average Bonchev–Trinajstić information content (AvgIpc) is 2.79. The lowest BCUT2D eigenvalue weighted by molar-refractivity contribution is 0.444. The Morgan fingerprint density at radius 3 is 2.78 bits per heavy atom. The van der Waals surface area contributed by atoms with Crippen LogP contribution in [0.2, 0.25) is 0 Å². The van der Waals surface area contributed by atoms with Crippen molar-refractivity contribution in [1.82, 2.24) is 4.31 Å². The fourth-order valence-electron chi connectivity index (χ4n) is 2.45. The molecular formula is C13H18BrNO2S. The van der Waals surface area contributed by atoms with Gasteiger partial charge in [0.2, 0.25) is 10.0 Å². The van der Waals surface area contributed by atoms with Gasteiger partial charge in [0.05, 0.1) is 4.90 Å². The number of nitrogens with zero attached hydrogens (tertiary/aromatic N) is 1. The van der Waals surface area contributed by atoms with E-state index in [0.717, 1.165) is 19.3 Å². The van der Waals surface area contributed by atoms with Crippen molar-refractivity contribution in [3.63, 3.8) is 0 Å². The number of hydrogen-bond acceptors (Lipinski definition) is 2. The molecule has 1 fully saturated rings. The van der Waals surface area contributed by atoms with Gasteiger partial charge in [-0.15, -0.1) is 0 Å². The molecule has 3 nitrogen and oxygen atoms in total. The maximum Gasteiger partial charge on any atom is 0.244 e. The van der Waals surface area contributed by atoms with E-state index in [9.17, 15) is 8.42 Å². The van der Waals surface area contributed by atoms with E-state index in [0.29, 0.717) is 28.4 Å². The van der Waals surface area contributed by atoms with Crippen molar-refractivity contribution in [3.05, 3.63) is 28.7 Å². The first-order chi connectivity index (χ1) is 8.55. The van der Waals surface area contributed by atoms with Crippen molar-refractivity contribution in [2.45, 2.75) is 31.1 Å². The molecule has 1 atom stereocenters. The Balaban J connectivity index is 2.21. The van der Waals surface area contributed by atoms with Gasteiger partial charge in [0, 0.05) is 17.6 Å². The van der Waals surface area contributed by atoms with E-state index in [1.165, 1.54) is 0 Å². The van der Waals surface area contributed by atoms with E-state index in [1.807, 2.05) is 6.07 Å². The van der Waals surface area contributed by atoms with Gasteiger partial charge in [0.15, 0.2) is 0 Å². The van der Waals surface area contributed by atoms with Gasteiger partial charge in [-0.3, -0.25) is 0 Å². The zero-order valence-electron chi connectivity index (χ0n) is 10.5. The first-order valence-corrected chi connectivity index (χ1v) is 8.53. The van der Waals surface area contributed by atoms with Crippen LogP contribution in [0.15, 0.2) is 33.6 Å². The molecular weight excluding hydrogens is 314 g/mol. The second-order valence-corrected chi connectivity index (χ2v) is 7.50. The highest BCUT2D eigenvalue weighted by atomic mass is 79.9. The van der Waals surface area contributed by atoms with Crippen molar-refractivity contribution in [2.24, 2.45) is 5.92 Å². The molecule has 1 unspecified atom stereocenters. The molecule has 0 bridgehead atoms. The molecule has 0 aliphatic carbocycles. The van der Waals surface area contributed by atoms with Gasteiger partial charge in [-0.2, -0.15) is 4.31 Å². The second kappa shape index (κ2) is 5.72. The van der Waals surface area contributed by atoms with Crippen LogP contribution in [0, 0.1) is 5.92 Å². The first kappa shape index (κ1) is 14.0. The Morgan fingerprint density at radius 1 is 1.39 bits per heavy atom. The van der Waals surface area contributed by atoms with Crippen LogP contribution in [0.4, 0.5) is 0 Å².